The average molecular weight is 474 g/mol. The zero-order valence-electron chi connectivity index (χ0n) is 22.5. The molecule has 1 aliphatic rings. The van der Waals surface area contributed by atoms with E-state index in [1.54, 1.807) is 0 Å². The minimum Gasteiger partial charge on any atom is -0.456 e. The quantitative estimate of drug-likeness (QED) is 0.233. The molecule has 182 valence electrons. The molecule has 1 aromatic heterocycles. The molecule has 0 saturated heterocycles. The number of rotatable bonds is 2. The van der Waals surface area contributed by atoms with Crippen molar-refractivity contribution >= 4 is 32.3 Å². The second kappa shape index (κ2) is 7.80. The highest BCUT2D eigenvalue weighted by atomic mass is 16.5. The Labute approximate surface area is 214 Å². The first-order chi connectivity index (χ1) is 17.0. The van der Waals surface area contributed by atoms with Gasteiger partial charge in [0, 0.05) is 17.3 Å². The van der Waals surface area contributed by atoms with Crippen molar-refractivity contribution < 1.29 is 4.74 Å². The molecular weight excluding hydrogens is 438 g/mol. The van der Waals surface area contributed by atoms with Crippen LogP contribution in [0.5, 0.6) is 11.5 Å². The van der Waals surface area contributed by atoms with Crippen LogP contribution in [0.4, 0.5) is 0 Å². The maximum atomic E-state index is 6.87. The Morgan fingerprint density at radius 2 is 1.44 bits per heavy atom. The van der Waals surface area contributed by atoms with Gasteiger partial charge in [-0.05, 0) is 86.9 Å². The molecule has 0 aliphatic carbocycles. The van der Waals surface area contributed by atoms with Gasteiger partial charge in [0.05, 0.1) is 11.1 Å². The van der Waals surface area contributed by atoms with E-state index in [9.17, 15) is 0 Å². The standard InChI is InChI=1S/C34H35NO/c1-20-12-13-22-17-28-30-24(29(22)26(20)18-33(2,3)4)14-15-35-31(30)25-16-21-10-8-9-11-23(21)27(32(25)36-28)19-34(5,6)7/h8-17H,18-19H2,1-7H3. The molecule has 2 heterocycles. The highest BCUT2D eigenvalue weighted by Gasteiger charge is 2.29. The van der Waals surface area contributed by atoms with Crippen LogP contribution in [0.3, 0.4) is 0 Å². The summed E-state index contributed by atoms with van der Waals surface area (Å²) in [4.78, 5) is 4.98. The number of pyridine rings is 1. The minimum absolute atomic E-state index is 0.129. The van der Waals surface area contributed by atoms with E-state index in [-0.39, 0.29) is 10.8 Å². The van der Waals surface area contributed by atoms with E-state index >= 15 is 0 Å². The average Bonchev–Trinajstić information content (AvgIpc) is 2.80. The van der Waals surface area contributed by atoms with Crippen LogP contribution < -0.4 is 4.74 Å². The van der Waals surface area contributed by atoms with Gasteiger partial charge in [0.2, 0.25) is 0 Å². The third-order valence-electron chi connectivity index (χ3n) is 7.32. The fourth-order valence-corrected chi connectivity index (χ4v) is 5.90. The van der Waals surface area contributed by atoms with Crippen molar-refractivity contribution in [2.45, 2.75) is 61.3 Å². The molecule has 2 nitrogen and oxygen atoms in total. The number of benzene rings is 4. The number of hydrogen-bond acceptors (Lipinski definition) is 2. The van der Waals surface area contributed by atoms with Gasteiger partial charge >= 0.3 is 0 Å². The van der Waals surface area contributed by atoms with E-state index in [1.165, 1.54) is 43.6 Å². The fraction of sp³-hybridized carbons (Fsp3) is 0.324. The van der Waals surface area contributed by atoms with Crippen molar-refractivity contribution in [3.05, 3.63) is 77.5 Å². The van der Waals surface area contributed by atoms with Crippen LogP contribution in [0.1, 0.15) is 58.2 Å². The lowest BCUT2D eigenvalue weighted by atomic mass is 9.81. The fourth-order valence-electron chi connectivity index (χ4n) is 5.90. The van der Waals surface area contributed by atoms with Gasteiger partial charge in [-0.15, -0.1) is 0 Å². The van der Waals surface area contributed by atoms with Gasteiger partial charge < -0.3 is 4.74 Å². The Hall–Kier alpha value is -3.39. The predicted octanol–water partition coefficient (Wildman–Crippen LogP) is 9.80. The summed E-state index contributed by atoms with van der Waals surface area (Å²) in [5, 5.41) is 7.47. The van der Waals surface area contributed by atoms with Crippen molar-refractivity contribution in [1.29, 1.82) is 0 Å². The second-order valence-electron chi connectivity index (χ2n) is 12.9. The van der Waals surface area contributed by atoms with Crippen LogP contribution >= 0.6 is 0 Å². The molecule has 0 spiro atoms. The van der Waals surface area contributed by atoms with E-state index in [0.717, 1.165) is 41.0 Å². The van der Waals surface area contributed by atoms with E-state index in [1.807, 2.05) is 6.20 Å². The van der Waals surface area contributed by atoms with E-state index < -0.39 is 0 Å². The normalized spacial score (nSPS) is 13.3. The smallest absolute Gasteiger partial charge is 0.140 e. The van der Waals surface area contributed by atoms with Crippen LogP contribution in [0.2, 0.25) is 0 Å². The molecule has 0 radical (unpaired) electrons. The molecule has 0 bridgehead atoms. The SMILES string of the molecule is Cc1ccc2cc3c4c(nccc4c2c1CC(C)(C)C)-c1cc2ccccc2c(CC(C)(C)C)c1O3. The lowest BCUT2D eigenvalue weighted by molar-refractivity contribution is 0.400. The van der Waals surface area contributed by atoms with Crippen molar-refractivity contribution in [1.82, 2.24) is 4.98 Å². The first-order valence-corrected chi connectivity index (χ1v) is 13.1. The third kappa shape index (κ3) is 3.75. The molecule has 0 saturated carbocycles. The Morgan fingerprint density at radius 1 is 0.722 bits per heavy atom. The first kappa shape index (κ1) is 23.0. The highest BCUT2D eigenvalue weighted by molar-refractivity contribution is 6.17. The maximum absolute atomic E-state index is 6.87. The number of aryl methyl sites for hydroxylation is 1. The molecular formula is C34H35NO. The number of ether oxygens (including phenoxy) is 1. The first-order valence-electron chi connectivity index (χ1n) is 13.1. The van der Waals surface area contributed by atoms with Crippen LogP contribution in [-0.2, 0) is 12.8 Å². The van der Waals surface area contributed by atoms with Gasteiger partial charge in [0.15, 0.2) is 0 Å². The zero-order chi connectivity index (χ0) is 25.4. The highest BCUT2D eigenvalue weighted by Crippen LogP contribution is 2.52. The molecule has 0 atom stereocenters. The molecule has 0 fully saturated rings. The third-order valence-corrected chi connectivity index (χ3v) is 7.32. The molecule has 36 heavy (non-hydrogen) atoms. The molecule has 4 aromatic carbocycles. The molecule has 6 rings (SSSR count). The van der Waals surface area contributed by atoms with Gasteiger partial charge in [-0.1, -0.05) is 77.9 Å². The lowest BCUT2D eigenvalue weighted by Gasteiger charge is -2.28. The Morgan fingerprint density at radius 3 is 2.19 bits per heavy atom. The molecule has 1 aliphatic heterocycles. The van der Waals surface area contributed by atoms with E-state index in [0.29, 0.717) is 0 Å². The molecule has 0 N–H and O–H groups in total. The van der Waals surface area contributed by atoms with Crippen molar-refractivity contribution in [2.24, 2.45) is 10.8 Å². The van der Waals surface area contributed by atoms with Crippen LogP contribution in [-0.4, -0.2) is 4.98 Å². The van der Waals surface area contributed by atoms with Crippen LogP contribution in [0.15, 0.2) is 60.8 Å². The molecule has 0 unspecified atom stereocenters. The molecule has 5 aromatic rings. The summed E-state index contributed by atoms with van der Waals surface area (Å²) in [6.07, 6.45) is 3.95. The monoisotopic (exact) mass is 473 g/mol. The number of aromatic nitrogens is 1. The van der Waals surface area contributed by atoms with E-state index in [2.05, 4.69) is 103 Å². The van der Waals surface area contributed by atoms with Gasteiger partial charge in [0.25, 0.3) is 0 Å². The molecule has 0 amide bonds. The lowest BCUT2D eigenvalue weighted by Crippen LogP contribution is -2.13. The topological polar surface area (TPSA) is 22.1 Å². The Balaban J connectivity index is 1.72. The Kier molecular flexibility index (Phi) is 4.99. The van der Waals surface area contributed by atoms with Crippen molar-refractivity contribution in [3.8, 4) is 22.8 Å². The van der Waals surface area contributed by atoms with Gasteiger partial charge in [0.1, 0.15) is 11.5 Å². The predicted molar refractivity (Wildman–Crippen MR) is 153 cm³/mol. The van der Waals surface area contributed by atoms with Gasteiger partial charge in [-0.2, -0.15) is 0 Å². The number of nitrogens with zero attached hydrogens (tertiary/aromatic N) is 1. The maximum Gasteiger partial charge on any atom is 0.140 e. The number of fused-ring (bicyclic) bond motifs is 5. The molecule has 2 heteroatoms. The summed E-state index contributed by atoms with van der Waals surface area (Å²) in [5.74, 6) is 1.89. The van der Waals surface area contributed by atoms with E-state index in [4.69, 9.17) is 9.72 Å². The summed E-state index contributed by atoms with van der Waals surface area (Å²) >= 11 is 0. The minimum atomic E-state index is 0.129. The summed E-state index contributed by atoms with van der Waals surface area (Å²) in [6.45, 7) is 16.1. The van der Waals surface area contributed by atoms with Gasteiger partial charge in [-0.3, -0.25) is 4.98 Å². The van der Waals surface area contributed by atoms with Crippen molar-refractivity contribution in [3.63, 3.8) is 0 Å². The summed E-state index contributed by atoms with van der Waals surface area (Å²) in [5.41, 5.74) is 6.52. The largest absolute Gasteiger partial charge is 0.456 e. The second-order valence-corrected chi connectivity index (χ2v) is 12.9. The summed E-state index contributed by atoms with van der Waals surface area (Å²) in [7, 11) is 0. The Bertz CT molecular complexity index is 1680. The summed E-state index contributed by atoms with van der Waals surface area (Å²) < 4.78 is 6.87. The van der Waals surface area contributed by atoms with Gasteiger partial charge in [-0.25, -0.2) is 0 Å². The zero-order valence-corrected chi connectivity index (χ0v) is 22.5. The number of hydrogen-bond donors (Lipinski definition) is 0. The van der Waals surface area contributed by atoms with Crippen LogP contribution in [0.25, 0.3) is 43.6 Å². The van der Waals surface area contributed by atoms with Crippen molar-refractivity contribution in [2.75, 3.05) is 0 Å². The summed E-state index contributed by atoms with van der Waals surface area (Å²) in [6, 6.07) is 19.9. The van der Waals surface area contributed by atoms with Crippen LogP contribution in [0, 0.1) is 17.8 Å².